The van der Waals surface area contributed by atoms with Gasteiger partial charge in [0.15, 0.2) is 0 Å². The highest BCUT2D eigenvalue weighted by atomic mass is 35.5. The van der Waals surface area contributed by atoms with E-state index in [-0.39, 0.29) is 6.61 Å². The lowest BCUT2D eigenvalue weighted by atomic mass is 10.0. The highest BCUT2D eigenvalue weighted by molar-refractivity contribution is 6.39. The lowest BCUT2D eigenvalue weighted by molar-refractivity contribution is 0.280. The van der Waals surface area contributed by atoms with Crippen molar-refractivity contribution in [2.24, 2.45) is 0 Å². The Hall–Kier alpha value is -1.26. The average molecular weight is 351 g/mol. The molecule has 1 heterocycles. The summed E-state index contributed by atoms with van der Waals surface area (Å²) in [5, 5.41) is 11.0. The van der Waals surface area contributed by atoms with Gasteiger partial charge in [0.1, 0.15) is 0 Å². The third-order valence-electron chi connectivity index (χ3n) is 4.35. The molecule has 0 atom stereocenters. The summed E-state index contributed by atoms with van der Waals surface area (Å²) in [6, 6.07) is 11.6. The Labute approximate surface area is 147 Å². The van der Waals surface area contributed by atoms with E-state index in [1.165, 1.54) is 0 Å². The number of benzene rings is 2. The second-order valence-corrected chi connectivity index (χ2v) is 6.70. The lowest BCUT2D eigenvalue weighted by Gasteiger charge is -2.35. The van der Waals surface area contributed by atoms with Crippen molar-refractivity contribution in [3.05, 3.63) is 52.0 Å². The third-order valence-corrected chi connectivity index (χ3v) is 4.98. The van der Waals surface area contributed by atoms with Crippen LogP contribution in [0.15, 0.2) is 36.4 Å². The molecule has 3 rings (SSSR count). The van der Waals surface area contributed by atoms with E-state index in [1.807, 2.05) is 30.3 Å². The summed E-state index contributed by atoms with van der Waals surface area (Å²) in [7, 11) is 2.13. The van der Waals surface area contributed by atoms with Crippen LogP contribution in [-0.2, 0) is 6.61 Å². The fraction of sp³-hybridized carbons (Fsp3) is 0.333. The van der Waals surface area contributed by atoms with Gasteiger partial charge in [0.25, 0.3) is 0 Å². The van der Waals surface area contributed by atoms with Gasteiger partial charge in [0.2, 0.25) is 0 Å². The summed E-state index contributed by atoms with van der Waals surface area (Å²) in [6.45, 7) is 3.95. The second kappa shape index (κ2) is 7.10. The van der Waals surface area contributed by atoms with Gasteiger partial charge in [0.05, 0.1) is 6.61 Å². The van der Waals surface area contributed by atoms with Gasteiger partial charge in [-0.05, 0) is 30.8 Å². The van der Waals surface area contributed by atoms with Crippen molar-refractivity contribution < 1.29 is 5.11 Å². The molecule has 0 amide bonds. The first-order chi connectivity index (χ1) is 11.1. The zero-order chi connectivity index (χ0) is 16.4. The summed E-state index contributed by atoms with van der Waals surface area (Å²) in [4.78, 5) is 4.63. The Bertz CT molecular complexity index is 677. The zero-order valence-electron chi connectivity index (χ0n) is 13.1. The quantitative estimate of drug-likeness (QED) is 0.909. The van der Waals surface area contributed by atoms with Gasteiger partial charge in [-0.3, -0.25) is 0 Å². The number of halogens is 2. The largest absolute Gasteiger partial charge is 0.392 e. The first-order valence-corrected chi connectivity index (χ1v) is 8.47. The molecule has 3 nitrogen and oxygen atoms in total. The van der Waals surface area contributed by atoms with Crippen LogP contribution in [0, 0.1) is 0 Å². The van der Waals surface area contributed by atoms with Crippen molar-refractivity contribution in [1.82, 2.24) is 4.90 Å². The predicted molar refractivity (Wildman–Crippen MR) is 97.5 cm³/mol. The second-order valence-electron chi connectivity index (χ2n) is 5.89. The van der Waals surface area contributed by atoms with Crippen LogP contribution < -0.4 is 4.90 Å². The molecule has 1 fully saturated rings. The van der Waals surface area contributed by atoms with E-state index >= 15 is 0 Å². The summed E-state index contributed by atoms with van der Waals surface area (Å²) < 4.78 is 0. The van der Waals surface area contributed by atoms with E-state index in [0.29, 0.717) is 10.0 Å². The van der Waals surface area contributed by atoms with E-state index in [2.05, 4.69) is 22.9 Å². The molecule has 0 spiro atoms. The standard InChI is InChI=1S/C18H20Cl2N2O/c1-21-7-9-22(10-8-21)17-11-13(5-6-14(17)12-23)18-15(19)3-2-4-16(18)20/h2-6,11,23H,7-10,12H2,1H3. The van der Waals surface area contributed by atoms with Crippen LogP contribution in [0.3, 0.4) is 0 Å². The number of nitrogens with zero attached hydrogens (tertiary/aromatic N) is 2. The molecular weight excluding hydrogens is 331 g/mol. The van der Waals surface area contributed by atoms with E-state index in [9.17, 15) is 5.11 Å². The van der Waals surface area contributed by atoms with Crippen LogP contribution in [0.5, 0.6) is 0 Å². The molecular formula is C18H20Cl2N2O. The molecule has 2 aromatic carbocycles. The van der Waals surface area contributed by atoms with Crippen LogP contribution in [0.25, 0.3) is 11.1 Å². The zero-order valence-corrected chi connectivity index (χ0v) is 14.6. The molecule has 1 saturated heterocycles. The third kappa shape index (κ3) is 3.48. The molecule has 0 saturated carbocycles. The maximum Gasteiger partial charge on any atom is 0.0702 e. The van der Waals surface area contributed by atoms with Crippen LogP contribution in [0.4, 0.5) is 5.69 Å². The average Bonchev–Trinajstić information content (AvgIpc) is 2.55. The van der Waals surface area contributed by atoms with Gasteiger partial charge in [-0.2, -0.15) is 0 Å². The number of anilines is 1. The highest BCUT2D eigenvalue weighted by Gasteiger charge is 2.18. The minimum atomic E-state index is 0.0260. The monoisotopic (exact) mass is 350 g/mol. The fourth-order valence-corrected chi connectivity index (χ4v) is 3.58. The van der Waals surface area contributed by atoms with E-state index in [0.717, 1.165) is 48.6 Å². The van der Waals surface area contributed by atoms with Crippen molar-refractivity contribution >= 4 is 28.9 Å². The summed E-state index contributed by atoms with van der Waals surface area (Å²) in [5.41, 5.74) is 3.82. The lowest BCUT2D eigenvalue weighted by Crippen LogP contribution is -2.44. The Morgan fingerprint density at radius 1 is 1.00 bits per heavy atom. The normalized spacial score (nSPS) is 15.9. The van der Waals surface area contributed by atoms with Gasteiger partial charge in [-0.25, -0.2) is 0 Å². The van der Waals surface area contributed by atoms with Crippen LogP contribution in [0.1, 0.15) is 5.56 Å². The number of hydrogen-bond acceptors (Lipinski definition) is 3. The molecule has 122 valence electrons. The number of likely N-dealkylation sites (N-methyl/N-ethyl adjacent to an activating group) is 1. The van der Waals surface area contributed by atoms with E-state index in [1.54, 1.807) is 0 Å². The number of aliphatic hydroxyl groups is 1. The van der Waals surface area contributed by atoms with Gasteiger partial charge in [-0.15, -0.1) is 0 Å². The van der Waals surface area contributed by atoms with Gasteiger partial charge >= 0.3 is 0 Å². The van der Waals surface area contributed by atoms with E-state index in [4.69, 9.17) is 23.2 Å². The summed E-state index contributed by atoms with van der Waals surface area (Å²) in [6.07, 6.45) is 0. The molecule has 0 bridgehead atoms. The predicted octanol–water partition coefficient (Wildman–Crippen LogP) is 3.90. The van der Waals surface area contributed by atoms with Crippen molar-refractivity contribution in [3.8, 4) is 11.1 Å². The van der Waals surface area contributed by atoms with Crippen molar-refractivity contribution in [2.75, 3.05) is 38.1 Å². The summed E-state index contributed by atoms with van der Waals surface area (Å²) >= 11 is 12.7. The van der Waals surface area contributed by atoms with Gasteiger partial charge < -0.3 is 14.9 Å². The Morgan fingerprint density at radius 3 is 2.26 bits per heavy atom. The molecule has 1 N–H and O–H groups in total. The first-order valence-electron chi connectivity index (χ1n) is 7.72. The molecule has 2 aromatic rings. The van der Waals surface area contributed by atoms with Crippen molar-refractivity contribution in [1.29, 1.82) is 0 Å². The maximum atomic E-state index is 9.68. The molecule has 1 aliphatic heterocycles. The molecule has 5 heteroatoms. The SMILES string of the molecule is CN1CCN(c2cc(-c3c(Cl)cccc3Cl)ccc2CO)CC1. The minimum absolute atomic E-state index is 0.0260. The van der Waals surface area contributed by atoms with Gasteiger partial charge in [0, 0.05) is 53.0 Å². The molecule has 0 unspecified atom stereocenters. The Morgan fingerprint density at radius 2 is 1.65 bits per heavy atom. The van der Waals surface area contributed by atoms with Crippen molar-refractivity contribution in [3.63, 3.8) is 0 Å². The van der Waals surface area contributed by atoms with Crippen LogP contribution >= 0.6 is 23.2 Å². The van der Waals surface area contributed by atoms with Crippen LogP contribution in [0.2, 0.25) is 10.0 Å². The fourth-order valence-electron chi connectivity index (χ4n) is 2.97. The number of piperazine rings is 1. The molecule has 0 aromatic heterocycles. The van der Waals surface area contributed by atoms with Crippen LogP contribution in [-0.4, -0.2) is 43.2 Å². The molecule has 0 aliphatic carbocycles. The first kappa shape index (κ1) is 16.6. The Kier molecular flexibility index (Phi) is 5.12. The van der Waals surface area contributed by atoms with E-state index < -0.39 is 0 Å². The molecule has 1 aliphatic rings. The topological polar surface area (TPSA) is 26.7 Å². The number of hydrogen-bond donors (Lipinski definition) is 1. The number of rotatable bonds is 3. The molecule has 0 radical (unpaired) electrons. The smallest absolute Gasteiger partial charge is 0.0702 e. The maximum absolute atomic E-state index is 9.68. The van der Waals surface area contributed by atoms with Crippen molar-refractivity contribution in [2.45, 2.75) is 6.61 Å². The molecule has 23 heavy (non-hydrogen) atoms. The highest BCUT2D eigenvalue weighted by Crippen LogP contribution is 2.37. The number of aliphatic hydroxyl groups excluding tert-OH is 1. The summed E-state index contributed by atoms with van der Waals surface area (Å²) in [5.74, 6) is 0. The Balaban J connectivity index is 2.02. The minimum Gasteiger partial charge on any atom is -0.392 e. The van der Waals surface area contributed by atoms with Gasteiger partial charge in [-0.1, -0.05) is 41.4 Å².